The summed E-state index contributed by atoms with van der Waals surface area (Å²) in [5, 5.41) is 0. The highest BCUT2D eigenvalue weighted by atomic mass is 32.2. The van der Waals surface area contributed by atoms with E-state index < -0.39 is 0 Å². The number of anilines is 1. The molecular formula is C13H23N2O2S+. The lowest BCUT2D eigenvalue weighted by molar-refractivity contribution is 0.131. The van der Waals surface area contributed by atoms with Gasteiger partial charge in [0.2, 0.25) is 11.8 Å². The second-order valence-electron chi connectivity index (χ2n) is 5.05. The first-order valence-electron chi connectivity index (χ1n) is 5.94. The van der Waals surface area contributed by atoms with Crippen LogP contribution in [0.2, 0.25) is 0 Å². The molecule has 0 aliphatic rings. The maximum Gasteiger partial charge on any atom is 0.213 e. The Morgan fingerprint density at radius 3 is 2.56 bits per heavy atom. The molecule has 1 aromatic heterocycles. The molecule has 4 nitrogen and oxygen atoms in total. The number of hydrogen-bond acceptors (Lipinski definition) is 4. The molecule has 0 spiro atoms. The molecule has 102 valence electrons. The van der Waals surface area contributed by atoms with Crippen LogP contribution in [0.1, 0.15) is 20.8 Å². The van der Waals surface area contributed by atoms with Crippen LogP contribution in [0.25, 0.3) is 0 Å². The minimum Gasteiger partial charge on any atom is -0.475 e. The summed E-state index contributed by atoms with van der Waals surface area (Å²) in [6.45, 7) is 7.79. The minimum absolute atomic E-state index is 0.252. The number of nitrogens with zero attached hydrogens (tertiary/aromatic N) is 1. The first-order chi connectivity index (χ1) is 8.39. The summed E-state index contributed by atoms with van der Waals surface area (Å²) < 4.78 is 11.3. The van der Waals surface area contributed by atoms with Gasteiger partial charge >= 0.3 is 0 Å². The van der Waals surface area contributed by atoms with Gasteiger partial charge in [0.05, 0.1) is 18.5 Å². The summed E-state index contributed by atoms with van der Waals surface area (Å²) >= 11 is 0. The zero-order valence-electron chi connectivity index (χ0n) is 11.6. The van der Waals surface area contributed by atoms with Crippen LogP contribution in [0, 0.1) is 0 Å². The summed E-state index contributed by atoms with van der Waals surface area (Å²) in [6, 6.07) is 3.53. The fourth-order valence-corrected chi connectivity index (χ4v) is 1.76. The van der Waals surface area contributed by atoms with E-state index in [1.807, 2.05) is 0 Å². The molecule has 0 aromatic carbocycles. The van der Waals surface area contributed by atoms with Gasteiger partial charge < -0.3 is 15.2 Å². The minimum atomic E-state index is 0.252. The van der Waals surface area contributed by atoms with Gasteiger partial charge in [-0.1, -0.05) is 0 Å². The first kappa shape index (κ1) is 15.1. The zero-order valence-corrected chi connectivity index (χ0v) is 12.4. The van der Waals surface area contributed by atoms with Crippen molar-refractivity contribution < 1.29 is 9.47 Å². The Morgan fingerprint density at radius 2 is 2.00 bits per heavy atom. The monoisotopic (exact) mass is 271 g/mol. The van der Waals surface area contributed by atoms with E-state index in [0.29, 0.717) is 29.5 Å². The Morgan fingerprint density at radius 1 is 1.28 bits per heavy atom. The topological polar surface area (TPSA) is 57.4 Å². The van der Waals surface area contributed by atoms with Crippen LogP contribution in [0.15, 0.2) is 18.3 Å². The average Bonchev–Trinajstić information content (AvgIpc) is 2.29. The Balaban J connectivity index is 2.14. The van der Waals surface area contributed by atoms with Gasteiger partial charge in [-0.15, -0.1) is 0 Å². The number of hydrogen-bond donors (Lipinski definition) is 1. The maximum absolute atomic E-state index is 5.60. The fraction of sp³-hybridized carbons (Fsp3) is 0.615. The van der Waals surface area contributed by atoms with Gasteiger partial charge in [-0.2, -0.15) is 0 Å². The molecule has 2 N–H and O–H groups in total. The van der Waals surface area contributed by atoms with E-state index in [1.165, 1.54) is 0 Å². The van der Waals surface area contributed by atoms with Crippen LogP contribution < -0.4 is 10.5 Å². The van der Waals surface area contributed by atoms with Crippen molar-refractivity contribution in [1.29, 1.82) is 0 Å². The second-order valence-corrected chi connectivity index (χ2v) is 7.79. The number of nitrogen functional groups attached to an aromatic ring is 1. The maximum atomic E-state index is 5.60. The fourth-order valence-electron chi connectivity index (χ4n) is 1.04. The Labute approximate surface area is 112 Å². The highest BCUT2D eigenvalue weighted by Gasteiger charge is 2.29. The van der Waals surface area contributed by atoms with E-state index in [1.54, 1.807) is 18.3 Å². The second kappa shape index (κ2) is 6.85. The number of nitrogens with two attached hydrogens (primary N) is 1. The lowest BCUT2D eigenvalue weighted by Crippen LogP contribution is -2.31. The molecule has 0 aliphatic carbocycles. The smallest absolute Gasteiger partial charge is 0.213 e. The molecule has 5 heteroatoms. The summed E-state index contributed by atoms with van der Waals surface area (Å²) in [6.07, 6.45) is 3.81. The lowest BCUT2D eigenvalue weighted by atomic mass is 10.3. The van der Waals surface area contributed by atoms with Gasteiger partial charge in [-0.25, -0.2) is 4.98 Å². The Hall–Kier alpha value is -0.940. The number of pyridine rings is 1. The molecule has 0 amide bonds. The molecule has 1 atom stereocenters. The molecule has 0 saturated carbocycles. The number of ether oxygens (including phenoxy) is 2. The normalized spacial score (nSPS) is 13.3. The summed E-state index contributed by atoms with van der Waals surface area (Å²) in [5.41, 5.74) is 6.17. The summed E-state index contributed by atoms with van der Waals surface area (Å²) in [4.78, 5) is 4.05. The van der Waals surface area contributed by atoms with Gasteiger partial charge in [-0.05, 0) is 26.8 Å². The van der Waals surface area contributed by atoms with E-state index in [4.69, 9.17) is 15.2 Å². The van der Waals surface area contributed by atoms with Crippen LogP contribution in [-0.4, -0.2) is 35.1 Å². The Bertz CT molecular complexity index is 349. The lowest BCUT2D eigenvalue weighted by Gasteiger charge is -2.17. The van der Waals surface area contributed by atoms with Gasteiger partial charge in [-0.3, -0.25) is 0 Å². The quantitative estimate of drug-likeness (QED) is 0.635. The molecule has 1 unspecified atom stereocenters. The molecule has 1 heterocycles. The zero-order chi connectivity index (χ0) is 13.6. The highest BCUT2D eigenvalue weighted by Crippen LogP contribution is 2.16. The molecule has 0 saturated heterocycles. The summed E-state index contributed by atoms with van der Waals surface area (Å²) in [5.74, 6) is 1.36. The van der Waals surface area contributed by atoms with Crippen LogP contribution in [0.5, 0.6) is 5.88 Å². The first-order valence-corrected chi connectivity index (χ1v) is 7.74. The third-order valence-corrected chi connectivity index (χ3v) is 5.15. The van der Waals surface area contributed by atoms with Crippen molar-refractivity contribution in [2.75, 3.05) is 31.1 Å². The van der Waals surface area contributed by atoms with Crippen LogP contribution >= 0.6 is 0 Å². The third kappa shape index (κ3) is 5.60. The van der Waals surface area contributed by atoms with Crippen molar-refractivity contribution >= 4 is 16.6 Å². The van der Waals surface area contributed by atoms with E-state index in [9.17, 15) is 0 Å². The predicted octanol–water partition coefficient (Wildman–Crippen LogP) is 2.06. The van der Waals surface area contributed by atoms with Gasteiger partial charge in [0.15, 0.2) is 0 Å². The number of rotatable bonds is 6. The molecule has 0 aliphatic heterocycles. The highest BCUT2D eigenvalue weighted by molar-refractivity contribution is 7.97. The van der Waals surface area contributed by atoms with E-state index in [2.05, 4.69) is 32.0 Å². The standard InChI is InChI=1S/C13H23N2O2S/c1-13(2,3)18(4)10-16-7-8-17-12-6-5-11(14)9-15-12/h5-6,9H,7-8,10,14H2,1-4H3/q+1. The van der Waals surface area contributed by atoms with E-state index in [0.717, 1.165) is 5.94 Å². The molecule has 18 heavy (non-hydrogen) atoms. The predicted molar refractivity (Wildman–Crippen MR) is 78.0 cm³/mol. The van der Waals surface area contributed by atoms with Gasteiger partial charge in [0, 0.05) is 17.0 Å². The van der Waals surface area contributed by atoms with E-state index in [-0.39, 0.29) is 10.9 Å². The molecule has 0 bridgehead atoms. The van der Waals surface area contributed by atoms with Crippen molar-refractivity contribution in [1.82, 2.24) is 4.98 Å². The van der Waals surface area contributed by atoms with Crippen molar-refractivity contribution in [2.45, 2.75) is 25.5 Å². The van der Waals surface area contributed by atoms with E-state index >= 15 is 0 Å². The Kier molecular flexibility index (Phi) is 5.75. The number of aromatic nitrogens is 1. The molecule has 0 radical (unpaired) electrons. The van der Waals surface area contributed by atoms with Crippen molar-refractivity contribution in [3.63, 3.8) is 0 Å². The molecule has 1 aromatic rings. The molecule has 0 fully saturated rings. The van der Waals surface area contributed by atoms with Gasteiger partial charge in [0.1, 0.15) is 17.6 Å². The average molecular weight is 271 g/mol. The van der Waals surface area contributed by atoms with Gasteiger partial charge in [0.25, 0.3) is 0 Å². The summed E-state index contributed by atoms with van der Waals surface area (Å²) in [7, 11) is 0.252. The molecular weight excluding hydrogens is 248 g/mol. The largest absolute Gasteiger partial charge is 0.475 e. The van der Waals surface area contributed by atoms with Crippen LogP contribution in [0.3, 0.4) is 0 Å². The van der Waals surface area contributed by atoms with Crippen LogP contribution in [-0.2, 0) is 15.6 Å². The SMILES string of the molecule is C[S+](COCCOc1ccc(N)cn1)C(C)(C)C. The third-order valence-electron chi connectivity index (χ3n) is 2.54. The van der Waals surface area contributed by atoms with Crippen LogP contribution in [0.4, 0.5) is 5.69 Å². The van der Waals surface area contributed by atoms with Crippen molar-refractivity contribution in [2.24, 2.45) is 0 Å². The molecule has 1 rings (SSSR count). The van der Waals surface area contributed by atoms with Crippen molar-refractivity contribution in [3.8, 4) is 5.88 Å². The van der Waals surface area contributed by atoms with Crippen molar-refractivity contribution in [3.05, 3.63) is 18.3 Å².